The third kappa shape index (κ3) is 4.35. The quantitative estimate of drug-likeness (QED) is 0.900. The van der Waals surface area contributed by atoms with E-state index in [-0.39, 0.29) is 0 Å². The Balaban J connectivity index is 1.75. The third-order valence-electron chi connectivity index (χ3n) is 3.61. The molecule has 1 amide bonds. The van der Waals surface area contributed by atoms with Crippen LogP contribution in [0.25, 0.3) is 0 Å². The Bertz CT molecular complexity index is 394. The van der Waals surface area contributed by atoms with Gasteiger partial charge in [-0.1, -0.05) is 30.3 Å². The summed E-state index contributed by atoms with van der Waals surface area (Å²) in [5.74, 6) is 0.302. The first kappa shape index (κ1) is 14.1. The van der Waals surface area contributed by atoms with Gasteiger partial charge in [-0.2, -0.15) is 0 Å². The van der Waals surface area contributed by atoms with Gasteiger partial charge >= 0.3 is 0 Å². The summed E-state index contributed by atoms with van der Waals surface area (Å²) in [4.78, 5) is 14.2. The highest BCUT2D eigenvalue weighted by Gasteiger charge is 2.23. The number of benzene rings is 1. The normalized spacial score (nSPS) is 23.4. The number of aryl methyl sites for hydroxylation is 1. The predicted molar refractivity (Wildman–Crippen MR) is 78.0 cm³/mol. The topological polar surface area (TPSA) is 32.3 Å². The Hall–Kier alpha value is -1.35. The molecular weight excluding hydrogens is 236 g/mol. The van der Waals surface area contributed by atoms with Gasteiger partial charge in [-0.25, -0.2) is 0 Å². The van der Waals surface area contributed by atoms with Crippen molar-refractivity contribution in [2.45, 2.75) is 45.2 Å². The molecule has 2 unspecified atom stereocenters. The standard InChI is InChI=1S/C16H24N2O/c1-13-11-18(12-14(2)17-13)16(19)10-6-9-15-7-4-3-5-8-15/h3-5,7-8,13-14,17H,6,9-12H2,1-2H3. The monoisotopic (exact) mass is 260 g/mol. The molecular formula is C16H24N2O. The van der Waals surface area contributed by atoms with Crippen LogP contribution >= 0.6 is 0 Å². The first-order chi connectivity index (χ1) is 9.15. The van der Waals surface area contributed by atoms with Gasteiger partial charge in [-0.3, -0.25) is 4.79 Å². The van der Waals surface area contributed by atoms with E-state index < -0.39 is 0 Å². The van der Waals surface area contributed by atoms with Crippen LogP contribution in [0.1, 0.15) is 32.3 Å². The molecule has 19 heavy (non-hydrogen) atoms. The molecule has 0 radical (unpaired) electrons. The van der Waals surface area contributed by atoms with Crippen LogP contribution in [0.3, 0.4) is 0 Å². The first-order valence-electron chi connectivity index (χ1n) is 7.23. The predicted octanol–water partition coefficient (Wildman–Crippen LogP) is 2.22. The number of hydrogen-bond acceptors (Lipinski definition) is 2. The Morgan fingerprint density at radius 1 is 1.21 bits per heavy atom. The number of carbonyl (C=O) groups is 1. The summed E-state index contributed by atoms with van der Waals surface area (Å²) in [5.41, 5.74) is 1.32. The molecule has 1 aromatic rings. The van der Waals surface area contributed by atoms with Crippen molar-refractivity contribution in [1.82, 2.24) is 10.2 Å². The molecule has 1 fully saturated rings. The summed E-state index contributed by atoms with van der Waals surface area (Å²) in [6.45, 7) is 5.96. The van der Waals surface area contributed by atoms with Gasteiger partial charge in [-0.05, 0) is 32.3 Å². The van der Waals surface area contributed by atoms with Crippen LogP contribution in [0.5, 0.6) is 0 Å². The SMILES string of the molecule is CC1CN(C(=O)CCCc2ccccc2)CC(C)N1. The van der Waals surface area contributed by atoms with Crippen molar-refractivity contribution in [3.05, 3.63) is 35.9 Å². The fraction of sp³-hybridized carbons (Fsp3) is 0.562. The van der Waals surface area contributed by atoms with Crippen molar-refractivity contribution in [3.63, 3.8) is 0 Å². The fourth-order valence-corrected chi connectivity index (χ4v) is 2.78. The molecule has 2 rings (SSSR count). The summed E-state index contributed by atoms with van der Waals surface area (Å²) in [6, 6.07) is 11.2. The highest BCUT2D eigenvalue weighted by Crippen LogP contribution is 2.09. The smallest absolute Gasteiger partial charge is 0.222 e. The van der Waals surface area contributed by atoms with Crippen molar-refractivity contribution in [1.29, 1.82) is 0 Å². The summed E-state index contributed by atoms with van der Waals surface area (Å²) in [7, 11) is 0. The van der Waals surface area contributed by atoms with E-state index in [0.717, 1.165) is 25.9 Å². The van der Waals surface area contributed by atoms with Crippen LogP contribution in [0, 0.1) is 0 Å². The number of hydrogen-bond donors (Lipinski definition) is 1. The zero-order valence-electron chi connectivity index (χ0n) is 11.9. The lowest BCUT2D eigenvalue weighted by Crippen LogP contribution is -2.55. The van der Waals surface area contributed by atoms with Crippen molar-refractivity contribution >= 4 is 5.91 Å². The number of rotatable bonds is 4. The molecule has 0 aliphatic carbocycles. The summed E-state index contributed by atoms with van der Waals surface area (Å²) >= 11 is 0. The van der Waals surface area contributed by atoms with Crippen molar-refractivity contribution in [3.8, 4) is 0 Å². The van der Waals surface area contributed by atoms with Crippen molar-refractivity contribution in [2.24, 2.45) is 0 Å². The maximum absolute atomic E-state index is 12.2. The first-order valence-corrected chi connectivity index (χ1v) is 7.23. The fourth-order valence-electron chi connectivity index (χ4n) is 2.78. The Kier molecular flexibility index (Phi) is 4.97. The van der Waals surface area contributed by atoms with Gasteiger partial charge in [0.1, 0.15) is 0 Å². The van der Waals surface area contributed by atoms with Gasteiger partial charge in [-0.15, -0.1) is 0 Å². The summed E-state index contributed by atoms with van der Waals surface area (Å²) in [6.07, 6.45) is 2.59. The van der Waals surface area contributed by atoms with Gasteiger partial charge in [0.15, 0.2) is 0 Å². The van der Waals surface area contributed by atoms with Gasteiger partial charge in [0.05, 0.1) is 0 Å². The van der Waals surface area contributed by atoms with E-state index in [4.69, 9.17) is 0 Å². The number of nitrogens with one attached hydrogen (secondary N) is 1. The average Bonchev–Trinajstić information content (AvgIpc) is 2.38. The molecule has 0 saturated carbocycles. The van der Waals surface area contributed by atoms with E-state index in [1.165, 1.54) is 5.56 Å². The Labute approximate surface area is 116 Å². The summed E-state index contributed by atoms with van der Waals surface area (Å²) in [5, 5.41) is 3.45. The van der Waals surface area contributed by atoms with Crippen molar-refractivity contribution in [2.75, 3.05) is 13.1 Å². The second kappa shape index (κ2) is 6.71. The van der Waals surface area contributed by atoms with E-state index in [1.807, 2.05) is 11.0 Å². The lowest BCUT2D eigenvalue weighted by atomic mass is 10.1. The molecule has 1 N–H and O–H groups in total. The van der Waals surface area contributed by atoms with Gasteiger partial charge in [0.2, 0.25) is 5.91 Å². The molecule has 104 valence electrons. The Morgan fingerprint density at radius 3 is 2.47 bits per heavy atom. The van der Waals surface area contributed by atoms with Gasteiger partial charge in [0, 0.05) is 31.6 Å². The lowest BCUT2D eigenvalue weighted by Gasteiger charge is -2.36. The largest absolute Gasteiger partial charge is 0.340 e. The van der Waals surface area contributed by atoms with Gasteiger partial charge in [0.25, 0.3) is 0 Å². The van der Waals surface area contributed by atoms with Crippen LogP contribution in [0.15, 0.2) is 30.3 Å². The lowest BCUT2D eigenvalue weighted by molar-refractivity contribution is -0.133. The molecule has 1 aliphatic rings. The maximum atomic E-state index is 12.2. The molecule has 1 saturated heterocycles. The second-order valence-corrected chi connectivity index (χ2v) is 5.61. The zero-order chi connectivity index (χ0) is 13.7. The molecule has 0 spiro atoms. The van der Waals surface area contributed by atoms with E-state index in [0.29, 0.717) is 24.4 Å². The molecule has 1 aromatic carbocycles. The minimum absolute atomic E-state index is 0.302. The second-order valence-electron chi connectivity index (χ2n) is 5.61. The molecule has 3 nitrogen and oxygen atoms in total. The highest BCUT2D eigenvalue weighted by molar-refractivity contribution is 5.76. The Morgan fingerprint density at radius 2 is 1.84 bits per heavy atom. The molecule has 1 heterocycles. The summed E-state index contributed by atoms with van der Waals surface area (Å²) < 4.78 is 0. The van der Waals surface area contributed by atoms with Crippen LogP contribution < -0.4 is 5.32 Å². The van der Waals surface area contributed by atoms with Crippen LogP contribution in [0.4, 0.5) is 0 Å². The van der Waals surface area contributed by atoms with Crippen LogP contribution in [0.2, 0.25) is 0 Å². The molecule has 1 aliphatic heterocycles. The highest BCUT2D eigenvalue weighted by atomic mass is 16.2. The van der Waals surface area contributed by atoms with E-state index in [9.17, 15) is 4.79 Å². The van der Waals surface area contributed by atoms with Gasteiger partial charge < -0.3 is 10.2 Å². The maximum Gasteiger partial charge on any atom is 0.222 e. The van der Waals surface area contributed by atoms with Crippen LogP contribution in [-0.4, -0.2) is 36.0 Å². The molecule has 3 heteroatoms. The minimum Gasteiger partial charge on any atom is -0.340 e. The molecule has 0 bridgehead atoms. The number of piperazine rings is 1. The number of nitrogens with zero attached hydrogens (tertiary/aromatic N) is 1. The average molecular weight is 260 g/mol. The van der Waals surface area contributed by atoms with E-state index >= 15 is 0 Å². The number of amides is 1. The molecule has 0 aromatic heterocycles. The minimum atomic E-state index is 0.302. The van der Waals surface area contributed by atoms with Crippen molar-refractivity contribution < 1.29 is 4.79 Å². The third-order valence-corrected chi connectivity index (χ3v) is 3.61. The van der Waals surface area contributed by atoms with Crippen LogP contribution in [-0.2, 0) is 11.2 Å². The van der Waals surface area contributed by atoms with E-state index in [1.54, 1.807) is 0 Å². The number of carbonyl (C=O) groups excluding carboxylic acids is 1. The van der Waals surface area contributed by atoms with E-state index in [2.05, 4.69) is 43.4 Å². The zero-order valence-corrected chi connectivity index (χ0v) is 11.9. The molecule has 2 atom stereocenters.